The minimum atomic E-state index is -0.210. The van der Waals surface area contributed by atoms with Crippen molar-refractivity contribution < 1.29 is 23.7 Å². The summed E-state index contributed by atoms with van der Waals surface area (Å²) >= 11 is 2.10. The molecule has 2 aromatic rings. The van der Waals surface area contributed by atoms with Gasteiger partial charge in [0.05, 0.1) is 24.9 Å². The quantitative estimate of drug-likeness (QED) is 0.535. The summed E-state index contributed by atoms with van der Waals surface area (Å²) in [7, 11) is 4.68. The normalized spacial score (nSPS) is 14.3. The second kappa shape index (κ2) is 6.72. The van der Waals surface area contributed by atoms with E-state index in [2.05, 4.69) is 22.6 Å². The average Bonchev–Trinajstić information content (AvgIpc) is 2.94. The van der Waals surface area contributed by atoms with E-state index in [0.29, 0.717) is 22.8 Å². The molecule has 0 atom stereocenters. The SMILES string of the molecule is COc1ccc(C=C2Oc3c(I)c(OC)cc(OC)c3C2=O)cc1. The van der Waals surface area contributed by atoms with Gasteiger partial charge in [0.2, 0.25) is 5.78 Å². The molecule has 5 nitrogen and oxygen atoms in total. The van der Waals surface area contributed by atoms with Crippen molar-refractivity contribution in [3.05, 3.63) is 50.8 Å². The molecule has 0 radical (unpaired) electrons. The highest BCUT2D eigenvalue weighted by Gasteiger charge is 2.34. The van der Waals surface area contributed by atoms with Crippen molar-refractivity contribution in [1.82, 2.24) is 0 Å². The third kappa shape index (κ3) is 2.82. The molecule has 0 spiro atoms. The van der Waals surface area contributed by atoms with E-state index in [1.165, 1.54) is 7.11 Å². The van der Waals surface area contributed by atoms with Gasteiger partial charge < -0.3 is 18.9 Å². The molecule has 1 aliphatic rings. The zero-order chi connectivity index (χ0) is 17.3. The maximum atomic E-state index is 12.7. The number of methoxy groups -OCH3 is 3. The van der Waals surface area contributed by atoms with Crippen molar-refractivity contribution in [2.75, 3.05) is 21.3 Å². The van der Waals surface area contributed by atoms with E-state index in [9.17, 15) is 4.79 Å². The lowest BCUT2D eigenvalue weighted by Gasteiger charge is -2.10. The molecule has 0 saturated heterocycles. The minimum absolute atomic E-state index is 0.210. The second-order valence-electron chi connectivity index (χ2n) is 5.01. The van der Waals surface area contributed by atoms with Crippen LogP contribution in [0.2, 0.25) is 0 Å². The Morgan fingerprint density at radius 2 is 1.67 bits per heavy atom. The minimum Gasteiger partial charge on any atom is -0.497 e. The number of benzene rings is 2. The van der Waals surface area contributed by atoms with E-state index in [1.807, 2.05) is 24.3 Å². The highest BCUT2D eigenvalue weighted by molar-refractivity contribution is 14.1. The Hall–Kier alpha value is -2.22. The van der Waals surface area contributed by atoms with Gasteiger partial charge >= 0.3 is 0 Å². The first kappa shape index (κ1) is 16.6. The number of ketones is 1. The maximum absolute atomic E-state index is 12.7. The van der Waals surface area contributed by atoms with Crippen LogP contribution < -0.4 is 18.9 Å². The van der Waals surface area contributed by atoms with Crippen LogP contribution in [0.25, 0.3) is 6.08 Å². The molecule has 1 aliphatic heterocycles. The van der Waals surface area contributed by atoms with Gasteiger partial charge in [0.1, 0.15) is 22.8 Å². The van der Waals surface area contributed by atoms with E-state index in [-0.39, 0.29) is 11.5 Å². The van der Waals surface area contributed by atoms with Gasteiger partial charge in [-0.2, -0.15) is 0 Å². The summed E-state index contributed by atoms with van der Waals surface area (Å²) in [6, 6.07) is 9.05. The first-order valence-corrected chi connectivity index (χ1v) is 8.19. The molecular weight excluding hydrogens is 423 g/mol. The third-order valence-corrected chi connectivity index (χ3v) is 4.69. The van der Waals surface area contributed by atoms with Crippen molar-refractivity contribution in [3.8, 4) is 23.0 Å². The molecule has 0 fully saturated rings. The number of rotatable bonds is 4. The van der Waals surface area contributed by atoms with Crippen LogP contribution in [0.4, 0.5) is 0 Å². The molecule has 1 heterocycles. The summed E-state index contributed by atoms with van der Waals surface area (Å²) < 4.78 is 22.3. The lowest BCUT2D eigenvalue weighted by Crippen LogP contribution is -2.00. The zero-order valence-electron chi connectivity index (χ0n) is 13.4. The number of halogens is 1. The number of Topliss-reactive ketones (excluding diaryl/α,β-unsaturated/α-hetero) is 1. The molecule has 0 amide bonds. The second-order valence-corrected chi connectivity index (χ2v) is 6.09. The third-order valence-electron chi connectivity index (χ3n) is 3.67. The lowest BCUT2D eigenvalue weighted by atomic mass is 10.1. The van der Waals surface area contributed by atoms with Gasteiger partial charge in [0, 0.05) is 6.07 Å². The zero-order valence-corrected chi connectivity index (χ0v) is 15.5. The number of ether oxygens (including phenoxy) is 4. The molecule has 24 heavy (non-hydrogen) atoms. The predicted molar refractivity (Wildman–Crippen MR) is 98.2 cm³/mol. The Labute approximate surface area is 153 Å². The molecule has 0 unspecified atom stereocenters. The number of hydrogen-bond acceptors (Lipinski definition) is 5. The van der Waals surface area contributed by atoms with Crippen LogP contribution in [0.15, 0.2) is 36.1 Å². The summed E-state index contributed by atoms with van der Waals surface area (Å²) in [5.74, 6) is 2.30. The van der Waals surface area contributed by atoms with Crippen molar-refractivity contribution in [2.45, 2.75) is 0 Å². The summed E-state index contributed by atoms with van der Waals surface area (Å²) in [6.07, 6.45) is 1.70. The highest BCUT2D eigenvalue weighted by Crippen LogP contribution is 2.45. The van der Waals surface area contributed by atoms with Gasteiger partial charge in [-0.25, -0.2) is 0 Å². The van der Waals surface area contributed by atoms with E-state index < -0.39 is 0 Å². The Bertz CT molecular complexity index is 824. The Kier molecular flexibility index (Phi) is 4.66. The van der Waals surface area contributed by atoms with Crippen LogP contribution in [0, 0.1) is 3.57 Å². The van der Waals surface area contributed by atoms with Crippen LogP contribution in [0.5, 0.6) is 23.0 Å². The smallest absolute Gasteiger partial charge is 0.235 e. The number of hydrogen-bond donors (Lipinski definition) is 0. The van der Waals surface area contributed by atoms with Gasteiger partial charge in [0.15, 0.2) is 11.5 Å². The van der Waals surface area contributed by atoms with Crippen LogP contribution in [-0.2, 0) is 0 Å². The highest BCUT2D eigenvalue weighted by atomic mass is 127. The maximum Gasteiger partial charge on any atom is 0.235 e. The molecule has 2 aromatic carbocycles. The van der Waals surface area contributed by atoms with Crippen molar-refractivity contribution in [2.24, 2.45) is 0 Å². The lowest BCUT2D eigenvalue weighted by molar-refractivity contribution is 0.101. The van der Waals surface area contributed by atoms with Gasteiger partial charge in [-0.3, -0.25) is 4.79 Å². The molecule has 0 aromatic heterocycles. The van der Waals surface area contributed by atoms with E-state index in [0.717, 1.165) is 14.9 Å². The fourth-order valence-corrected chi connectivity index (χ4v) is 3.19. The molecule has 0 aliphatic carbocycles. The van der Waals surface area contributed by atoms with Crippen molar-refractivity contribution in [3.63, 3.8) is 0 Å². The van der Waals surface area contributed by atoms with Crippen molar-refractivity contribution >= 4 is 34.5 Å². The summed E-state index contributed by atoms with van der Waals surface area (Å²) in [5.41, 5.74) is 1.26. The summed E-state index contributed by atoms with van der Waals surface area (Å²) in [6.45, 7) is 0. The molecule has 3 rings (SSSR count). The summed E-state index contributed by atoms with van der Waals surface area (Å²) in [4.78, 5) is 12.7. The number of fused-ring (bicyclic) bond motifs is 1. The molecular formula is C18H15IO5. The van der Waals surface area contributed by atoms with Gasteiger partial charge in [0.25, 0.3) is 0 Å². The molecule has 6 heteroatoms. The number of carbonyl (C=O) groups is 1. The van der Waals surface area contributed by atoms with Crippen molar-refractivity contribution in [1.29, 1.82) is 0 Å². The van der Waals surface area contributed by atoms with Gasteiger partial charge in [-0.1, -0.05) is 12.1 Å². The standard InChI is InChI=1S/C18H15IO5/c1-21-11-6-4-10(5-7-11)8-14-17(20)15-12(22-2)9-13(23-3)16(19)18(15)24-14/h4-9H,1-3H3. The average molecular weight is 438 g/mol. The van der Waals surface area contributed by atoms with Crippen LogP contribution in [0.1, 0.15) is 15.9 Å². The van der Waals surface area contributed by atoms with E-state index in [1.54, 1.807) is 26.4 Å². The molecule has 0 N–H and O–H groups in total. The predicted octanol–water partition coefficient (Wildman–Crippen LogP) is 3.93. The molecule has 0 saturated carbocycles. The topological polar surface area (TPSA) is 54.0 Å². The number of carbonyl (C=O) groups excluding carboxylic acids is 1. The van der Waals surface area contributed by atoms with Gasteiger partial charge in [-0.05, 0) is 46.4 Å². The molecule has 124 valence electrons. The van der Waals surface area contributed by atoms with Crippen LogP contribution >= 0.6 is 22.6 Å². The first-order chi connectivity index (χ1) is 11.6. The first-order valence-electron chi connectivity index (χ1n) is 7.11. The largest absolute Gasteiger partial charge is 0.497 e. The Balaban J connectivity index is 2.03. The van der Waals surface area contributed by atoms with Crippen LogP contribution in [-0.4, -0.2) is 27.1 Å². The molecule has 0 bridgehead atoms. The van der Waals surface area contributed by atoms with E-state index in [4.69, 9.17) is 18.9 Å². The van der Waals surface area contributed by atoms with Gasteiger partial charge in [-0.15, -0.1) is 0 Å². The number of allylic oxidation sites excluding steroid dienone is 1. The summed E-state index contributed by atoms with van der Waals surface area (Å²) in [5, 5.41) is 0. The monoisotopic (exact) mass is 438 g/mol. The Morgan fingerprint density at radius 3 is 2.25 bits per heavy atom. The fraction of sp³-hybridized carbons (Fsp3) is 0.167. The Morgan fingerprint density at radius 1 is 1.00 bits per heavy atom. The van der Waals surface area contributed by atoms with E-state index >= 15 is 0 Å². The fourth-order valence-electron chi connectivity index (χ4n) is 2.43. The van der Waals surface area contributed by atoms with Crippen LogP contribution in [0.3, 0.4) is 0 Å².